The first-order valence-corrected chi connectivity index (χ1v) is 8.11. The molecular formula is C18H29BrN2. The first-order chi connectivity index (χ1) is 9.81. The molecule has 2 heterocycles. The molecular weight excluding hydrogens is 324 g/mol. The lowest BCUT2D eigenvalue weighted by molar-refractivity contribution is -0.697. The Hall–Kier alpha value is -0.670. The van der Waals surface area contributed by atoms with Gasteiger partial charge in [-0.05, 0) is 51.8 Å². The highest BCUT2D eigenvalue weighted by molar-refractivity contribution is 5.12. The number of allylic oxidation sites excluding steroid dienone is 1. The fourth-order valence-corrected chi connectivity index (χ4v) is 3.15. The van der Waals surface area contributed by atoms with E-state index >= 15 is 0 Å². The van der Waals surface area contributed by atoms with E-state index in [-0.39, 0.29) is 17.0 Å². The van der Waals surface area contributed by atoms with Crippen LogP contribution in [0.2, 0.25) is 0 Å². The Bertz CT molecular complexity index is 419. The van der Waals surface area contributed by atoms with E-state index < -0.39 is 0 Å². The maximum Gasteiger partial charge on any atom is 0.173 e. The quantitative estimate of drug-likeness (QED) is 0.382. The molecule has 0 bridgehead atoms. The van der Waals surface area contributed by atoms with Gasteiger partial charge in [0.25, 0.3) is 0 Å². The molecule has 0 N–H and O–H groups in total. The van der Waals surface area contributed by atoms with Gasteiger partial charge < -0.3 is 17.0 Å². The maximum absolute atomic E-state index is 3.77. The van der Waals surface area contributed by atoms with E-state index in [1.54, 1.807) is 0 Å². The van der Waals surface area contributed by atoms with Gasteiger partial charge in [0.2, 0.25) is 0 Å². The molecule has 1 atom stereocenters. The van der Waals surface area contributed by atoms with E-state index in [1.807, 2.05) is 6.08 Å². The van der Waals surface area contributed by atoms with Crippen molar-refractivity contribution in [3.05, 3.63) is 42.7 Å². The molecule has 118 valence electrons. The van der Waals surface area contributed by atoms with Gasteiger partial charge >= 0.3 is 0 Å². The van der Waals surface area contributed by atoms with Crippen molar-refractivity contribution < 1.29 is 21.5 Å². The van der Waals surface area contributed by atoms with Gasteiger partial charge in [0, 0.05) is 24.1 Å². The predicted molar refractivity (Wildman–Crippen MR) is 84.5 cm³/mol. The molecule has 3 heteroatoms. The van der Waals surface area contributed by atoms with Crippen molar-refractivity contribution in [1.29, 1.82) is 0 Å². The Kier molecular flexibility index (Phi) is 8.86. The minimum absolute atomic E-state index is 0. The maximum atomic E-state index is 3.77. The molecule has 0 amide bonds. The highest BCUT2D eigenvalue weighted by atomic mass is 79.9. The average molecular weight is 353 g/mol. The molecule has 0 saturated carbocycles. The van der Waals surface area contributed by atoms with Gasteiger partial charge in [0.05, 0.1) is 0 Å². The second kappa shape index (κ2) is 10.1. The van der Waals surface area contributed by atoms with Crippen molar-refractivity contribution >= 4 is 0 Å². The zero-order valence-corrected chi connectivity index (χ0v) is 14.9. The van der Waals surface area contributed by atoms with E-state index in [0.717, 1.165) is 13.0 Å². The number of nitrogens with zero attached hydrogens (tertiary/aromatic N) is 2. The summed E-state index contributed by atoms with van der Waals surface area (Å²) >= 11 is 0. The number of aryl methyl sites for hydroxylation is 1. The lowest BCUT2D eigenvalue weighted by atomic mass is 10.1. The lowest BCUT2D eigenvalue weighted by Gasteiger charge is -2.18. The zero-order valence-electron chi connectivity index (χ0n) is 13.3. The molecule has 1 saturated heterocycles. The summed E-state index contributed by atoms with van der Waals surface area (Å²) in [6, 6.07) is 5.13. The molecule has 0 radical (unpaired) electrons. The highest BCUT2D eigenvalue weighted by Crippen LogP contribution is 2.29. The van der Waals surface area contributed by atoms with Crippen LogP contribution in [-0.4, -0.2) is 18.5 Å². The van der Waals surface area contributed by atoms with Crippen LogP contribution in [0.15, 0.2) is 37.2 Å². The molecule has 1 fully saturated rings. The summed E-state index contributed by atoms with van der Waals surface area (Å²) < 4.78 is 2.37. The third-order valence-electron chi connectivity index (χ3n) is 4.36. The summed E-state index contributed by atoms with van der Waals surface area (Å²) in [6.07, 6.45) is 15.6. The van der Waals surface area contributed by atoms with Crippen LogP contribution in [0, 0.1) is 0 Å². The van der Waals surface area contributed by atoms with Crippen molar-refractivity contribution in [3.63, 3.8) is 0 Å². The van der Waals surface area contributed by atoms with E-state index in [1.165, 1.54) is 50.6 Å². The number of pyridine rings is 1. The number of rotatable bonds is 8. The monoisotopic (exact) mass is 352 g/mol. The Morgan fingerprint density at radius 1 is 1.33 bits per heavy atom. The second-order valence-electron chi connectivity index (χ2n) is 6.01. The highest BCUT2D eigenvalue weighted by Gasteiger charge is 2.24. The van der Waals surface area contributed by atoms with Gasteiger partial charge in [-0.25, -0.2) is 4.57 Å². The van der Waals surface area contributed by atoms with Crippen LogP contribution in [0.25, 0.3) is 0 Å². The number of halogens is 1. The molecule has 0 unspecified atom stereocenters. The van der Waals surface area contributed by atoms with Crippen molar-refractivity contribution in [2.75, 3.05) is 13.6 Å². The van der Waals surface area contributed by atoms with E-state index in [2.05, 4.69) is 47.6 Å². The normalized spacial score (nSPS) is 18.4. The SMILES string of the molecule is C=CCCCCCC[n+]1cccc([C@@H]2CCCN2C)c1.[Br-]. The molecule has 0 aromatic carbocycles. The summed E-state index contributed by atoms with van der Waals surface area (Å²) in [5.41, 5.74) is 1.49. The van der Waals surface area contributed by atoms with Crippen LogP contribution in [0.5, 0.6) is 0 Å². The van der Waals surface area contributed by atoms with Crippen LogP contribution >= 0.6 is 0 Å². The Balaban J connectivity index is 0.00000220. The molecule has 0 aliphatic carbocycles. The lowest BCUT2D eigenvalue weighted by Crippen LogP contribution is -3.00. The number of hydrogen-bond donors (Lipinski definition) is 0. The molecule has 2 rings (SSSR count). The van der Waals surface area contributed by atoms with Gasteiger partial charge in [-0.3, -0.25) is 4.90 Å². The van der Waals surface area contributed by atoms with E-state index in [0.29, 0.717) is 6.04 Å². The number of aromatic nitrogens is 1. The largest absolute Gasteiger partial charge is 1.00 e. The van der Waals surface area contributed by atoms with Crippen molar-refractivity contribution in [3.8, 4) is 0 Å². The smallest absolute Gasteiger partial charge is 0.173 e. The molecule has 2 nitrogen and oxygen atoms in total. The summed E-state index contributed by atoms with van der Waals surface area (Å²) in [7, 11) is 2.24. The van der Waals surface area contributed by atoms with Crippen LogP contribution in [0.3, 0.4) is 0 Å². The molecule has 1 aliphatic heterocycles. The standard InChI is InChI=1S/C18H29N2.BrH/c1-3-4-5-6-7-8-14-20-15-9-11-17(16-20)18-12-10-13-19(18)2;/h3,9,11,15-16,18H,1,4-8,10,12-14H2,2H3;1H/q+1;/p-1/t18-;/m0./s1. The number of hydrogen-bond acceptors (Lipinski definition) is 1. The minimum atomic E-state index is 0. The minimum Gasteiger partial charge on any atom is -1.00 e. The van der Waals surface area contributed by atoms with Gasteiger partial charge in [0.15, 0.2) is 12.4 Å². The van der Waals surface area contributed by atoms with Gasteiger partial charge in [-0.15, -0.1) is 6.58 Å². The van der Waals surface area contributed by atoms with Gasteiger partial charge in [-0.1, -0.05) is 12.5 Å². The first kappa shape index (κ1) is 18.4. The number of likely N-dealkylation sites (tertiary alicyclic amines) is 1. The van der Waals surface area contributed by atoms with Gasteiger partial charge in [0.1, 0.15) is 6.54 Å². The van der Waals surface area contributed by atoms with Gasteiger partial charge in [-0.2, -0.15) is 0 Å². The van der Waals surface area contributed by atoms with E-state index in [4.69, 9.17) is 0 Å². The first-order valence-electron chi connectivity index (χ1n) is 8.11. The predicted octanol–water partition coefficient (Wildman–Crippen LogP) is 0.881. The molecule has 1 aromatic heterocycles. The Labute approximate surface area is 140 Å². The van der Waals surface area contributed by atoms with Crippen LogP contribution < -0.4 is 21.5 Å². The summed E-state index contributed by atoms with van der Waals surface area (Å²) in [5.74, 6) is 0. The summed E-state index contributed by atoms with van der Waals surface area (Å²) in [4.78, 5) is 2.48. The molecule has 1 aliphatic rings. The average Bonchev–Trinajstić information content (AvgIpc) is 2.89. The third-order valence-corrected chi connectivity index (χ3v) is 4.36. The fraction of sp³-hybridized carbons (Fsp3) is 0.611. The molecule has 21 heavy (non-hydrogen) atoms. The van der Waals surface area contributed by atoms with Crippen LogP contribution in [0.4, 0.5) is 0 Å². The molecule has 1 aromatic rings. The van der Waals surface area contributed by atoms with Crippen LogP contribution in [0.1, 0.15) is 56.6 Å². The van der Waals surface area contributed by atoms with E-state index in [9.17, 15) is 0 Å². The number of unbranched alkanes of at least 4 members (excludes halogenated alkanes) is 4. The fourth-order valence-electron chi connectivity index (χ4n) is 3.15. The van der Waals surface area contributed by atoms with Crippen molar-refractivity contribution in [2.45, 2.75) is 57.5 Å². The van der Waals surface area contributed by atoms with Crippen molar-refractivity contribution in [1.82, 2.24) is 4.90 Å². The van der Waals surface area contributed by atoms with Crippen molar-refractivity contribution in [2.24, 2.45) is 0 Å². The Morgan fingerprint density at radius 2 is 2.14 bits per heavy atom. The summed E-state index contributed by atoms with van der Waals surface area (Å²) in [6.45, 7) is 6.16. The summed E-state index contributed by atoms with van der Waals surface area (Å²) in [5, 5.41) is 0. The van der Waals surface area contributed by atoms with Crippen LogP contribution in [-0.2, 0) is 6.54 Å². The second-order valence-corrected chi connectivity index (χ2v) is 6.01. The Morgan fingerprint density at radius 3 is 2.86 bits per heavy atom. The topological polar surface area (TPSA) is 7.12 Å². The zero-order chi connectivity index (χ0) is 14.2. The third kappa shape index (κ3) is 5.91. The molecule has 0 spiro atoms.